The predicted molar refractivity (Wildman–Crippen MR) is 57.2 cm³/mol. The van der Waals surface area contributed by atoms with Gasteiger partial charge < -0.3 is 10.1 Å². The number of aromatic amines is 1. The number of hydrogen-bond acceptors (Lipinski definition) is 5. The van der Waals surface area contributed by atoms with Crippen LogP contribution < -0.4 is 5.32 Å². The zero-order valence-corrected chi connectivity index (χ0v) is 9.32. The Morgan fingerprint density at radius 2 is 2.25 bits per heavy atom. The van der Waals surface area contributed by atoms with E-state index in [2.05, 4.69) is 20.7 Å². The number of esters is 1. The molecule has 0 atom stereocenters. The number of aromatic nitrogens is 3. The maximum absolute atomic E-state index is 11.6. The molecule has 0 radical (unpaired) electrons. The molecule has 2 rings (SSSR count). The number of piperidine rings is 1. The molecule has 1 aliphatic heterocycles. The molecule has 0 aromatic carbocycles. The van der Waals surface area contributed by atoms with Gasteiger partial charge in [0.1, 0.15) is 5.69 Å². The van der Waals surface area contributed by atoms with E-state index in [4.69, 9.17) is 4.74 Å². The molecule has 1 saturated heterocycles. The lowest BCUT2D eigenvalue weighted by atomic mass is 9.93. The number of H-pyrrole nitrogens is 1. The lowest BCUT2D eigenvalue weighted by Crippen LogP contribution is -2.27. The van der Waals surface area contributed by atoms with Gasteiger partial charge in [0, 0.05) is 5.92 Å². The van der Waals surface area contributed by atoms with E-state index in [1.165, 1.54) is 0 Å². The van der Waals surface area contributed by atoms with E-state index >= 15 is 0 Å². The van der Waals surface area contributed by atoms with Crippen LogP contribution in [0.25, 0.3) is 0 Å². The van der Waals surface area contributed by atoms with Gasteiger partial charge in [-0.2, -0.15) is 0 Å². The summed E-state index contributed by atoms with van der Waals surface area (Å²) >= 11 is 0. The Labute approximate surface area is 93.8 Å². The maximum Gasteiger partial charge on any atom is 0.358 e. The van der Waals surface area contributed by atoms with E-state index in [1.54, 1.807) is 6.92 Å². The molecule has 0 spiro atoms. The van der Waals surface area contributed by atoms with Gasteiger partial charge in [-0.1, -0.05) is 5.21 Å². The van der Waals surface area contributed by atoms with E-state index in [9.17, 15) is 4.79 Å². The average molecular weight is 224 g/mol. The first-order valence-corrected chi connectivity index (χ1v) is 5.61. The van der Waals surface area contributed by atoms with Crippen molar-refractivity contribution in [3.8, 4) is 0 Å². The van der Waals surface area contributed by atoms with Gasteiger partial charge in [0.05, 0.1) is 6.61 Å². The van der Waals surface area contributed by atoms with E-state index in [-0.39, 0.29) is 5.97 Å². The Morgan fingerprint density at radius 3 is 2.94 bits per heavy atom. The van der Waals surface area contributed by atoms with E-state index < -0.39 is 0 Å². The van der Waals surface area contributed by atoms with Crippen molar-refractivity contribution in [2.24, 2.45) is 0 Å². The summed E-state index contributed by atoms with van der Waals surface area (Å²) in [7, 11) is 0. The monoisotopic (exact) mass is 224 g/mol. The Morgan fingerprint density at radius 1 is 1.50 bits per heavy atom. The van der Waals surface area contributed by atoms with Gasteiger partial charge in [-0.3, -0.25) is 5.10 Å². The predicted octanol–water partition coefficient (Wildman–Crippen LogP) is 0.448. The Kier molecular flexibility index (Phi) is 3.51. The largest absolute Gasteiger partial charge is 0.461 e. The van der Waals surface area contributed by atoms with Crippen LogP contribution >= 0.6 is 0 Å². The third-order valence-electron chi connectivity index (χ3n) is 2.78. The lowest BCUT2D eigenvalue weighted by molar-refractivity contribution is 0.0517. The number of nitrogens with zero attached hydrogens (tertiary/aromatic N) is 2. The summed E-state index contributed by atoms with van der Waals surface area (Å²) in [5.74, 6) is -0.0551. The van der Waals surface area contributed by atoms with Crippen molar-refractivity contribution in [3.63, 3.8) is 0 Å². The summed E-state index contributed by atoms with van der Waals surface area (Å²) in [4.78, 5) is 11.6. The zero-order valence-electron chi connectivity index (χ0n) is 9.32. The molecule has 6 nitrogen and oxygen atoms in total. The highest BCUT2D eigenvalue weighted by Gasteiger charge is 2.25. The van der Waals surface area contributed by atoms with Gasteiger partial charge in [-0.15, -0.1) is 5.10 Å². The lowest BCUT2D eigenvalue weighted by Gasteiger charge is -2.20. The second-order valence-corrected chi connectivity index (χ2v) is 3.82. The van der Waals surface area contributed by atoms with Crippen LogP contribution in [0.4, 0.5) is 0 Å². The fourth-order valence-corrected chi connectivity index (χ4v) is 1.97. The second-order valence-electron chi connectivity index (χ2n) is 3.82. The molecular weight excluding hydrogens is 208 g/mol. The Hall–Kier alpha value is -1.43. The fraction of sp³-hybridized carbons (Fsp3) is 0.700. The van der Waals surface area contributed by atoms with Crippen LogP contribution in [0, 0.1) is 0 Å². The summed E-state index contributed by atoms with van der Waals surface area (Å²) in [6.07, 6.45) is 1.97. The van der Waals surface area contributed by atoms with Crippen molar-refractivity contribution in [2.75, 3.05) is 19.7 Å². The van der Waals surface area contributed by atoms with Crippen LogP contribution in [0.2, 0.25) is 0 Å². The smallest absolute Gasteiger partial charge is 0.358 e. The first-order valence-electron chi connectivity index (χ1n) is 5.61. The van der Waals surface area contributed by atoms with Crippen LogP contribution in [-0.4, -0.2) is 41.1 Å². The summed E-state index contributed by atoms with van der Waals surface area (Å²) < 4.78 is 4.95. The first kappa shape index (κ1) is 11.1. The molecule has 16 heavy (non-hydrogen) atoms. The summed E-state index contributed by atoms with van der Waals surface area (Å²) in [6.45, 7) is 4.06. The fourth-order valence-electron chi connectivity index (χ4n) is 1.97. The van der Waals surface area contributed by atoms with Gasteiger partial charge in [0.2, 0.25) is 0 Å². The second kappa shape index (κ2) is 5.07. The Balaban J connectivity index is 2.14. The minimum atomic E-state index is -0.360. The average Bonchev–Trinajstić information content (AvgIpc) is 2.79. The standard InChI is InChI=1S/C10H16N4O2/c1-2-16-10(15)9-8(12-14-13-9)7-3-5-11-6-4-7/h7,11H,2-6H2,1H3,(H,12,13,14). The molecule has 0 bridgehead atoms. The zero-order chi connectivity index (χ0) is 11.4. The Bertz CT molecular complexity index is 357. The number of carbonyl (C=O) groups is 1. The molecule has 0 aliphatic carbocycles. The minimum absolute atomic E-state index is 0.305. The maximum atomic E-state index is 11.6. The van der Waals surface area contributed by atoms with Crippen molar-refractivity contribution < 1.29 is 9.53 Å². The molecule has 88 valence electrons. The third kappa shape index (κ3) is 2.21. The molecule has 0 saturated carbocycles. The molecule has 6 heteroatoms. The number of hydrogen-bond donors (Lipinski definition) is 2. The van der Waals surface area contributed by atoms with Gasteiger partial charge in [-0.25, -0.2) is 4.79 Å². The van der Waals surface area contributed by atoms with Crippen LogP contribution in [-0.2, 0) is 4.74 Å². The molecule has 1 aliphatic rings. The third-order valence-corrected chi connectivity index (χ3v) is 2.78. The van der Waals surface area contributed by atoms with Crippen LogP contribution in [0.5, 0.6) is 0 Å². The van der Waals surface area contributed by atoms with Gasteiger partial charge >= 0.3 is 5.97 Å². The quantitative estimate of drug-likeness (QED) is 0.729. The highest BCUT2D eigenvalue weighted by Crippen LogP contribution is 2.25. The molecule has 2 N–H and O–H groups in total. The first-order chi connectivity index (χ1) is 7.83. The SMILES string of the molecule is CCOC(=O)c1[nH]nnc1C1CCNCC1. The van der Waals surface area contributed by atoms with Crippen molar-refractivity contribution in [3.05, 3.63) is 11.4 Å². The number of ether oxygens (including phenoxy) is 1. The summed E-state index contributed by atoms with van der Waals surface area (Å²) in [6, 6.07) is 0. The number of rotatable bonds is 3. The molecule has 1 aromatic rings. The van der Waals surface area contributed by atoms with Crippen LogP contribution in [0.3, 0.4) is 0 Å². The molecule has 1 fully saturated rings. The van der Waals surface area contributed by atoms with Gasteiger partial charge in [0.15, 0.2) is 5.69 Å². The molecule has 1 aromatic heterocycles. The van der Waals surface area contributed by atoms with Gasteiger partial charge in [0.25, 0.3) is 0 Å². The van der Waals surface area contributed by atoms with E-state index in [0.717, 1.165) is 31.6 Å². The van der Waals surface area contributed by atoms with Crippen molar-refractivity contribution in [1.29, 1.82) is 0 Å². The van der Waals surface area contributed by atoms with Gasteiger partial charge in [-0.05, 0) is 32.9 Å². The normalized spacial score (nSPS) is 17.3. The molecule has 2 heterocycles. The summed E-state index contributed by atoms with van der Waals surface area (Å²) in [5, 5.41) is 13.6. The van der Waals surface area contributed by atoms with E-state index in [1.807, 2.05) is 0 Å². The van der Waals surface area contributed by atoms with Crippen molar-refractivity contribution in [2.45, 2.75) is 25.7 Å². The van der Waals surface area contributed by atoms with Crippen molar-refractivity contribution in [1.82, 2.24) is 20.7 Å². The topological polar surface area (TPSA) is 79.9 Å². The summed E-state index contributed by atoms with van der Waals surface area (Å²) in [5.41, 5.74) is 1.16. The van der Waals surface area contributed by atoms with Crippen LogP contribution in [0.1, 0.15) is 41.9 Å². The highest BCUT2D eigenvalue weighted by atomic mass is 16.5. The highest BCUT2D eigenvalue weighted by molar-refractivity contribution is 5.88. The molecule has 0 amide bonds. The molecular formula is C10H16N4O2. The van der Waals surface area contributed by atoms with Crippen LogP contribution in [0.15, 0.2) is 0 Å². The molecule has 0 unspecified atom stereocenters. The number of carbonyl (C=O) groups excluding carboxylic acids is 1. The number of nitrogens with one attached hydrogen (secondary N) is 2. The van der Waals surface area contributed by atoms with Crippen molar-refractivity contribution >= 4 is 5.97 Å². The van der Waals surface area contributed by atoms with E-state index in [0.29, 0.717) is 18.2 Å². The minimum Gasteiger partial charge on any atom is -0.461 e.